The van der Waals surface area contributed by atoms with Crippen LogP contribution in [0, 0.1) is 0 Å². The first kappa shape index (κ1) is 12.6. The van der Waals surface area contributed by atoms with Crippen molar-refractivity contribution in [2.24, 2.45) is 0 Å². The Labute approximate surface area is 93.2 Å². The fourth-order valence-corrected chi connectivity index (χ4v) is 2.82. The Bertz CT molecular complexity index is 223. The van der Waals surface area contributed by atoms with Gasteiger partial charge in [0, 0.05) is 35.0 Å². The number of hydrogen-bond donors (Lipinski definition) is 1. The average molecular weight is 233 g/mol. The smallest absolute Gasteiger partial charge is 0.246 e. The first-order chi connectivity index (χ1) is 7.22. The molecule has 0 spiro atoms. The largest absolute Gasteiger partial charge is 0.372 e. The van der Waals surface area contributed by atoms with Gasteiger partial charge in [-0.1, -0.05) is 6.92 Å². The van der Waals surface area contributed by atoms with Gasteiger partial charge >= 0.3 is 0 Å². The normalized spacial score (nSPS) is 26.2. The Hall–Kier alpha value is -0.420. The molecule has 0 atom stereocenters. The highest BCUT2D eigenvalue weighted by Gasteiger charge is 2.19. The summed E-state index contributed by atoms with van der Waals surface area (Å²) in [6, 6.07) is 0.195. The van der Waals surface area contributed by atoms with E-state index in [0.717, 1.165) is 19.3 Å². The number of carbonyl (C=O) groups is 1. The second-order valence-corrected chi connectivity index (χ2v) is 5.44. The number of carbonyl (C=O) groups excluding carboxylic acids is 1. The predicted octanol–water partition coefficient (Wildman–Crippen LogP) is 0.440. The summed E-state index contributed by atoms with van der Waals surface area (Å²) in [6.07, 6.45) is 2.58. The van der Waals surface area contributed by atoms with Crippen LogP contribution in [-0.4, -0.2) is 40.9 Å². The lowest BCUT2D eigenvalue weighted by molar-refractivity contribution is -0.126. The van der Waals surface area contributed by atoms with Gasteiger partial charge in [-0.05, 0) is 19.3 Å². The number of rotatable bonds is 5. The van der Waals surface area contributed by atoms with Crippen LogP contribution < -0.4 is 5.32 Å². The van der Waals surface area contributed by atoms with Crippen molar-refractivity contribution in [3.05, 3.63) is 0 Å². The van der Waals surface area contributed by atoms with Gasteiger partial charge in [-0.15, -0.1) is 0 Å². The van der Waals surface area contributed by atoms with Crippen LogP contribution in [-0.2, 0) is 20.3 Å². The molecule has 1 rings (SSSR count). The molecule has 1 aliphatic rings. The second kappa shape index (κ2) is 6.95. The van der Waals surface area contributed by atoms with E-state index in [0.29, 0.717) is 18.1 Å². The van der Waals surface area contributed by atoms with Crippen molar-refractivity contribution in [2.45, 2.75) is 32.2 Å². The molecular formula is C10H19NO3S. The van der Waals surface area contributed by atoms with Crippen LogP contribution >= 0.6 is 0 Å². The molecular weight excluding hydrogens is 214 g/mol. The molecule has 4 nitrogen and oxygen atoms in total. The zero-order valence-electron chi connectivity index (χ0n) is 9.16. The van der Waals surface area contributed by atoms with E-state index >= 15 is 0 Å². The van der Waals surface area contributed by atoms with E-state index in [-0.39, 0.29) is 18.6 Å². The predicted molar refractivity (Wildman–Crippen MR) is 60.2 cm³/mol. The highest BCUT2D eigenvalue weighted by Crippen LogP contribution is 2.08. The van der Waals surface area contributed by atoms with E-state index in [9.17, 15) is 9.00 Å². The standard InChI is InChI=1S/C10H19NO3S/c1-2-5-14-8-10(12)11-9-3-6-15(13)7-4-9/h9H,2-8H2,1H3,(H,11,12). The maximum atomic E-state index is 11.4. The van der Waals surface area contributed by atoms with Crippen LogP contribution in [0.2, 0.25) is 0 Å². The fourth-order valence-electron chi connectivity index (χ4n) is 1.52. The molecule has 0 radical (unpaired) electrons. The quantitative estimate of drug-likeness (QED) is 0.701. The van der Waals surface area contributed by atoms with Crippen molar-refractivity contribution in [1.29, 1.82) is 0 Å². The van der Waals surface area contributed by atoms with E-state index < -0.39 is 10.8 Å². The zero-order valence-corrected chi connectivity index (χ0v) is 9.98. The SMILES string of the molecule is CCCOCC(=O)NC1CCS(=O)CC1. The maximum absolute atomic E-state index is 11.4. The van der Waals surface area contributed by atoms with Gasteiger partial charge in [-0.2, -0.15) is 0 Å². The molecule has 0 saturated carbocycles. The molecule has 0 aliphatic carbocycles. The highest BCUT2D eigenvalue weighted by atomic mass is 32.2. The van der Waals surface area contributed by atoms with Gasteiger partial charge in [0.1, 0.15) is 6.61 Å². The molecule has 1 fully saturated rings. The summed E-state index contributed by atoms with van der Waals surface area (Å²) in [5.41, 5.74) is 0. The third-order valence-corrected chi connectivity index (χ3v) is 3.72. The van der Waals surface area contributed by atoms with Crippen molar-refractivity contribution in [1.82, 2.24) is 5.32 Å². The van der Waals surface area contributed by atoms with Gasteiger partial charge in [0.15, 0.2) is 0 Å². The van der Waals surface area contributed by atoms with Crippen molar-refractivity contribution < 1.29 is 13.7 Å². The van der Waals surface area contributed by atoms with Crippen LogP contribution in [0.1, 0.15) is 26.2 Å². The van der Waals surface area contributed by atoms with E-state index in [1.165, 1.54) is 0 Å². The van der Waals surface area contributed by atoms with Crippen LogP contribution in [0.4, 0.5) is 0 Å². The third kappa shape index (κ3) is 5.28. The monoisotopic (exact) mass is 233 g/mol. The molecule has 0 unspecified atom stereocenters. The first-order valence-corrected chi connectivity index (χ1v) is 6.93. The molecule has 0 bridgehead atoms. The summed E-state index contributed by atoms with van der Waals surface area (Å²) in [7, 11) is -0.665. The maximum Gasteiger partial charge on any atom is 0.246 e. The summed E-state index contributed by atoms with van der Waals surface area (Å²) in [5.74, 6) is 1.36. The molecule has 1 amide bonds. The molecule has 0 aromatic heterocycles. The summed E-state index contributed by atoms with van der Waals surface area (Å²) < 4.78 is 16.2. The van der Waals surface area contributed by atoms with Crippen molar-refractivity contribution in [3.8, 4) is 0 Å². The number of ether oxygens (including phenoxy) is 1. The van der Waals surface area contributed by atoms with E-state index in [1.54, 1.807) is 0 Å². The lowest BCUT2D eigenvalue weighted by Crippen LogP contribution is -2.41. The lowest BCUT2D eigenvalue weighted by Gasteiger charge is -2.22. The minimum absolute atomic E-state index is 0.0545. The Kier molecular flexibility index (Phi) is 5.86. The molecule has 5 heteroatoms. The van der Waals surface area contributed by atoms with Gasteiger partial charge in [-0.3, -0.25) is 9.00 Å². The first-order valence-electron chi connectivity index (χ1n) is 5.44. The van der Waals surface area contributed by atoms with Crippen molar-refractivity contribution in [2.75, 3.05) is 24.7 Å². The van der Waals surface area contributed by atoms with Gasteiger partial charge < -0.3 is 10.1 Å². The third-order valence-electron chi connectivity index (χ3n) is 2.33. The van der Waals surface area contributed by atoms with Crippen LogP contribution in [0.5, 0.6) is 0 Å². The Morgan fingerprint density at radius 2 is 2.13 bits per heavy atom. The van der Waals surface area contributed by atoms with Crippen LogP contribution in [0.3, 0.4) is 0 Å². The second-order valence-electron chi connectivity index (χ2n) is 3.74. The Morgan fingerprint density at radius 1 is 1.47 bits per heavy atom. The number of nitrogens with one attached hydrogen (secondary N) is 1. The minimum atomic E-state index is -0.665. The van der Waals surface area contributed by atoms with Gasteiger partial charge in [0.05, 0.1) is 0 Å². The lowest BCUT2D eigenvalue weighted by atomic mass is 10.1. The highest BCUT2D eigenvalue weighted by molar-refractivity contribution is 7.85. The molecule has 1 aliphatic heterocycles. The van der Waals surface area contributed by atoms with E-state index in [1.807, 2.05) is 6.92 Å². The van der Waals surface area contributed by atoms with E-state index in [2.05, 4.69) is 5.32 Å². The van der Waals surface area contributed by atoms with Crippen molar-refractivity contribution >= 4 is 16.7 Å². The van der Waals surface area contributed by atoms with Crippen molar-refractivity contribution in [3.63, 3.8) is 0 Å². The molecule has 1 heterocycles. The summed E-state index contributed by atoms with van der Waals surface area (Å²) in [4.78, 5) is 11.4. The fraction of sp³-hybridized carbons (Fsp3) is 0.900. The summed E-state index contributed by atoms with van der Waals surface area (Å²) in [5, 5.41) is 2.90. The average Bonchev–Trinajstić information content (AvgIpc) is 2.22. The topological polar surface area (TPSA) is 55.4 Å². The molecule has 0 aromatic carbocycles. The molecule has 1 N–H and O–H groups in total. The molecule has 0 aromatic rings. The van der Waals surface area contributed by atoms with Gasteiger partial charge in [0.25, 0.3) is 0 Å². The summed E-state index contributed by atoms with van der Waals surface area (Å²) in [6.45, 7) is 2.78. The molecule has 1 saturated heterocycles. The molecule has 88 valence electrons. The molecule has 15 heavy (non-hydrogen) atoms. The van der Waals surface area contributed by atoms with Gasteiger partial charge in [-0.25, -0.2) is 0 Å². The number of hydrogen-bond acceptors (Lipinski definition) is 3. The van der Waals surface area contributed by atoms with Gasteiger partial charge in [0.2, 0.25) is 5.91 Å². The minimum Gasteiger partial charge on any atom is -0.372 e. The van der Waals surface area contributed by atoms with Crippen LogP contribution in [0.15, 0.2) is 0 Å². The van der Waals surface area contributed by atoms with E-state index in [4.69, 9.17) is 4.74 Å². The Morgan fingerprint density at radius 3 is 2.73 bits per heavy atom. The Balaban J connectivity index is 2.12. The summed E-state index contributed by atoms with van der Waals surface area (Å²) >= 11 is 0. The number of amides is 1. The zero-order chi connectivity index (χ0) is 11.1. The van der Waals surface area contributed by atoms with Crippen LogP contribution in [0.25, 0.3) is 0 Å².